The van der Waals surface area contributed by atoms with Gasteiger partial charge in [0.2, 0.25) is 0 Å². The van der Waals surface area contributed by atoms with Gasteiger partial charge >= 0.3 is 0 Å². The highest BCUT2D eigenvalue weighted by Crippen LogP contribution is 2.40. The van der Waals surface area contributed by atoms with Crippen molar-refractivity contribution in [2.45, 2.75) is 26.2 Å². The van der Waals surface area contributed by atoms with Gasteiger partial charge in [-0.05, 0) is 48.9 Å². The van der Waals surface area contributed by atoms with E-state index in [1.54, 1.807) is 6.33 Å². The number of aromatic nitrogens is 2. The van der Waals surface area contributed by atoms with Crippen molar-refractivity contribution in [1.82, 2.24) is 9.97 Å². The first kappa shape index (κ1) is 17.3. The van der Waals surface area contributed by atoms with Crippen LogP contribution in [0.4, 0.5) is 11.5 Å². The van der Waals surface area contributed by atoms with Crippen LogP contribution in [0.2, 0.25) is 5.02 Å². The Morgan fingerprint density at radius 1 is 1.11 bits per heavy atom. The van der Waals surface area contributed by atoms with Crippen LogP contribution in [0.15, 0.2) is 30.6 Å². The summed E-state index contributed by atoms with van der Waals surface area (Å²) in [5.74, 6) is 1.92. The highest BCUT2D eigenvalue weighted by atomic mass is 35.5. The second-order valence-corrected chi connectivity index (χ2v) is 9.20. The fourth-order valence-electron chi connectivity index (χ4n) is 4.35. The van der Waals surface area contributed by atoms with Crippen LogP contribution in [0.1, 0.15) is 23.8 Å². The summed E-state index contributed by atoms with van der Waals surface area (Å²) in [5.41, 5.74) is 2.72. The van der Waals surface area contributed by atoms with Crippen molar-refractivity contribution in [2.24, 2.45) is 5.92 Å². The molecule has 0 saturated carbocycles. The Bertz CT molecular complexity index is 977. The summed E-state index contributed by atoms with van der Waals surface area (Å²) in [7, 11) is 0. The maximum absolute atomic E-state index is 6.17. The van der Waals surface area contributed by atoms with Gasteiger partial charge in [-0.3, -0.25) is 0 Å². The van der Waals surface area contributed by atoms with Crippen molar-refractivity contribution in [3.8, 4) is 0 Å². The molecule has 1 fully saturated rings. The van der Waals surface area contributed by atoms with Gasteiger partial charge in [-0.1, -0.05) is 24.6 Å². The standard InChI is InChI=1S/C21H23ClN4S/c1-14-5-6-17-18(11-14)27-21-19(17)20(23-13-24-21)26-9-7-25(8-10-26)16-4-2-3-15(22)12-16/h2-4,12-14H,5-11H2,1H3/t14-/m0/s1. The molecule has 0 amide bonds. The number of aryl methyl sites for hydroxylation is 1. The molecule has 1 aliphatic carbocycles. The van der Waals surface area contributed by atoms with Gasteiger partial charge in [-0.15, -0.1) is 11.3 Å². The lowest BCUT2D eigenvalue weighted by molar-refractivity contribution is 0.509. The summed E-state index contributed by atoms with van der Waals surface area (Å²) in [6, 6.07) is 8.15. The summed E-state index contributed by atoms with van der Waals surface area (Å²) in [5, 5.41) is 2.12. The summed E-state index contributed by atoms with van der Waals surface area (Å²) in [4.78, 5) is 16.9. The molecule has 3 heterocycles. The van der Waals surface area contributed by atoms with Crippen molar-refractivity contribution < 1.29 is 0 Å². The van der Waals surface area contributed by atoms with E-state index < -0.39 is 0 Å². The van der Waals surface area contributed by atoms with E-state index in [0.717, 1.165) is 47.8 Å². The normalized spacial score (nSPS) is 20.1. The van der Waals surface area contributed by atoms with Crippen LogP contribution in [-0.4, -0.2) is 36.1 Å². The predicted molar refractivity (Wildman–Crippen MR) is 114 cm³/mol. The Kier molecular flexibility index (Phi) is 4.44. The first-order valence-corrected chi connectivity index (χ1v) is 10.9. The third-order valence-electron chi connectivity index (χ3n) is 5.82. The van der Waals surface area contributed by atoms with Crippen LogP contribution < -0.4 is 9.80 Å². The van der Waals surface area contributed by atoms with Crippen molar-refractivity contribution in [3.63, 3.8) is 0 Å². The number of halogens is 1. The van der Waals surface area contributed by atoms with E-state index in [4.69, 9.17) is 16.6 Å². The van der Waals surface area contributed by atoms with Gasteiger partial charge < -0.3 is 9.80 Å². The third kappa shape index (κ3) is 3.17. The van der Waals surface area contributed by atoms with E-state index in [-0.39, 0.29) is 0 Å². The maximum Gasteiger partial charge on any atom is 0.141 e. The molecule has 2 aromatic heterocycles. The second-order valence-electron chi connectivity index (χ2n) is 7.68. The summed E-state index contributed by atoms with van der Waals surface area (Å²) in [6.45, 7) is 6.26. The first-order chi connectivity index (χ1) is 13.2. The molecule has 5 rings (SSSR count). The van der Waals surface area contributed by atoms with Gasteiger partial charge in [0, 0.05) is 41.8 Å². The average molecular weight is 399 g/mol. The van der Waals surface area contributed by atoms with Crippen molar-refractivity contribution in [2.75, 3.05) is 36.0 Å². The van der Waals surface area contributed by atoms with Crippen molar-refractivity contribution in [3.05, 3.63) is 46.1 Å². The van der Waals surface area contributed by atoms with Crippen LogP contribution >= 0.6 is 22.9 Å². The summed E-state index contributed by atoms with van der Waals surface area (Å²) < 4.78 is 0. The molecule has 140 valence electrons. The Morgan fingerprint density at radius 2 is 1.93 bits per heavy atom. The lowest BCUT2D eigenvalue weighted by Crippen LogP contribution is -2.47. The fourth-order valence-corrected chi connectivity index (χ4v) is 5.88. The quantitative estimate of drug-likeness (QED) is 0.620. The van der Waals surface area contributed by atoms with E-state index in [0.29, 0.717) is 0 Å². The van der Waals surface area contributed by atoms with Crippen LogP contribution in [-0.2, 0) is 12.8 Å². The van der Waals surface area contributed by atoms with Crippen molar-refractivity contribution in [1.29, 1.82) is 0 Å². The second kappa shape index (κ2) is 6.95. The molecule has 0 radical (unpaired) electrons. The number of rotatable bonds is 2. The smallest absolute Gasteiger partial charge is 0.141 e. The fraction of sp³-hybridized carbons (Fsp3) is 0.429. The third-order valence-corrected chi connectivity index (χ3v) is 7.22. The average Bonchev–Trinajstić information content (AvgIpc) is 3.05. The topological polar surface area (TPSA) is 32.3 Å². The minimum Gasteiger partial charge on any atom is -0.368 e. The molecule has 0 N–H and O–H groups in total. The number of anilines is 2. The predicted octanol–water partition coefficient (Wildman–Crippen LogP) is 4.80. The minimum absolute atomic E-state index is 0.781. The van der Waals surface area contributed by atoms with Gasteiger partial charge in [-0.2, -0.15) is 0 Å². The lowest BCUT2D eigenvalue weighted by Gasteiger charge is -2.37. The zero-order chi connectivity index (χ0) is 18.4. The molecule has 1 saturated heterocycles. The number of thiophene rings is 1. The highest BCUT2D eigenvalue weighted by Gasteiger charge is 2.26. The lowest BCUT2D eigenvalue weighted by atomic mass is 9.89. The van der Waals surface area contributed by atoms with Crippen LogP contribution in [0.3, 0.4) is 0 Å². The van der Waals surface area contributed by atoms with Gasteiger partial charge in [0.1, 0.15) is 17.0 Å². The number of hydrogen-bond acceptors (Lipinski definition) is 5. The molecule has 3 aromatic rings. The number of piperazine rings is 1. The van der Waals surface area contributed by atoms with E-state index in [1.807, 2.05) is 23.5 Å². The van der Waals surface area contributed by atoms with Crippen LogP contribution in [0, 0.1) is 5.92 Å². The minimum atomic E-state index is 0.781. The number of nitrogens with zero attached hydrogens (tertiary/aromatic N) is 4. The molecule has 0 bridgehead atoms. The first-order valence-electron chi connectivity index (χ1n) is 9.70. The van der Waals surface area contributed by atoms with E-state index in [9.17, 15) is 0 Å². The maximum atomic E-state index is 6.17. The highest BCUT2D eigenvalue weighted by molar-refractivity contribution is 7.19. The van der Waals surface area contributed by atoms with Crippen molar-refractivity contribution >= 4 is 44.7 Å². The van der Waals surface area contributed by atoms with Gasteiger partial charge in [0.25, 0.3) is 0 Å². The SMILES string of the molecule is C[C@H]1CCc2c(sc3ncnc(N4CCN(c5cccc(Cl)c5)CC4)c23)C1. The molecule has 1 aromatic carbocycles. The van der Waals surface area contributed by atoms with Crippen LogP contribution in [0.25, 0.3) is 10.2 Å². The molecule has 2 aliphatic rings. The number of hydrogen-bond donors (Lipinski definition) is 0. The molecule has 0 spiro atoms. The molecule has 1 atom stereocenters. The van der Waals surface area contributed by atoms with E-state index >= 15 is 0 Å². The monoisotopic (exact) mass is 398 g/mol. The molecule has 4 nitrogen and oxygen atoms in total. The molecule has 1 aliphatic heterocycles. The molecule has 6 heteroatoms. The molecule has 27 heavy (non-hydrogen) atoms. The van der Waals surface area contributed by atoms with Gasteiger partial charge in [0.15, 0.2) is 0 Å². The molecular formula is C21H23ClN4S. The Labute approximate surface area is 168 Å². The summed E-state index contributed by atoms with van der Waals surface area (Å²) in [6.07, 6.45) is 5.37. The zero-order valence-electron chi connectivity index (χ0n) is 15.5. The summed E-state index contributed by atoms with van der Waals surface area (Å²) >= 11 is 8.04. The largest absolute Gasteiger partial charge is 0.368 e. The number of benzene rings is 1. The van der Waals surface area contributed by atoms with Crippen LogP contribution in [0.5, 0.6) is 0 Å². The zero-order valence-corrected chi connectivity index (χ0v) is 17.1. The van der Waals surface area contributed by atoms with Gasteiger partial charge in [0.05, 0.1) is 5.39 Å². The Hall–Kier alpha value is -1.85. The van der Waals surface area contributed by atoms with E-state index in [1.165, 1.54) is 40.8 Å². The molecular weight excluding hydrogens is 376 g/mol. The number of fused-ring (bicyclic) bond motifs is 3. The van der Waals surface area contributed by atoms with Gasteiger partial charge in [-0.25, -0.2) is 9.97 Å². The molecule has 0 unspecified atom stereocenters. The Balaban J connectivity index is 1.42. The Morgan fingerprint density at radius 3 is 2.74 bits per heavy atom. The van der Waals surface area contributed by atoms with E-state index in [2.05, 4.69) is 33.8 Å².